The minimum absolute atomic E-state index is 0.0108. The molecule has 1 aliphatic carbocycles. The predicted molar refractivity (Wildman–Crippen MR) is 73.8 cm³/mol. The second-order valence-corrected chi connectivity index (χ2v) is 5.50. The standard InChI is InChI=1S/C14H17F3N4O/c1-21(2)9-3-4-11(22)20-13(6-7-13)12-18-8-5-10(19-12)14(15,16)17/h3-5,8H,6-7,9H2,1-2H3,(H,20,22)/b4-3+. The van der Waals surface area contributed by atoms with Crippen molar-refractivity contribution in [2.75, 3.05) is 20.6 Å². The molecule has 1 amide bonds. The normalized spacial score (nSPS) is 17.0. The Morgan fingerprint density at radius 1 is 1.45 bits per heavy atom. The highest BCUT2D eigenvalue weighted by molar-refractivity contribution is 5.88. The Balaban J connectivity index is 2.09. The van der Waals surface area contributed by atoms with Gasteiger partial charge in [-0.25, -0.2) is 9.97 Å². The molecule has 0 unspecified atom stereocenters. The van der Waals surface area contributed by atoms with Gasteiger partial charge in [-0.05, 0) is 33.0 Å². The van der Waals surface area contributed by atoms with Crippen molar-refractivity contribution in [3.05, 3.63) is 35.9 Å². The van der Waals surface area contributed by atoms with Gasteiger partial charge < -0.3 is 10.2 Å². The molecule has 0 spiro atoms. The second-order valence-electron chi connectivity index (χ2n) is 5.50. The summed E-state index contributed by atoms with van der Waals surface area (Å²) in [4.78, 5) is 21.2. The van der Waals surface area contributed by atoms with Crippen molar-refractivity contribution >= 4 is 5.91 Å². The van der Waals surface area contributed by atoms with Crippen LogP contribution < -0.4 is 5.32 Å². The molecule has 0 atom stereocenters. The number of halogens is 3. The van der Waals surface area contributed by atoms with Gasteiger partial charge in [-0.1, -0.05) is 6.08 Å². The number of likely N-dealkylation sites (N-methyl/N-ethyl adjacent to an activating group) is 1. The molecule has 22 heavy (non-hydrogen) atoms. The molecule has 1 aromatic rings. The number of carbonyl (C=O) groups is 1. The molecular formula is C14H17F3N4O. The van der Waals surface area contributed by atoms with Gasteiger partial charge >= 0.3 is 6.18 Å². The van der Waals surface area contributed by atoms with E-state index in [-0.39, 0.29) is 11.7 Å². The number of alkyl halides is 3. The molecule has 8 heteroatoms. The molecule has 2 rings (SSSR count). The first-order chi connectivity index (χ1) is 10.2. The van der Waals surface area contributed by atoms with E-state index in [0.29, 0.717) is 19.4 Å². The third kappa shape index (κ3) is 4.03. The van der Waals surface area contributed by atoms with Crippen LogP contribution in [-0.2, 0) is 16.5 Å². The molecule has 1 saturated carbocycles. The third-order valence-electron chi connectivity index (χ3n) is 3.23. The number of carbonyl (C=O) groups excluding carboxylic acids is 1. The molecule has 1 aromatic heterocycles. The zero-order valence-electron chi connectivity index (χ0n) is 12.3. The first-order valence-electron chi connectivity index (χ1n) is 6.77. The molecule has 1 N–H and O–H groups in total. The van der Waals surface area contributed by atoms with Crippen LogP contribution >= 0.6 is 0 Å². The lowest BCUT2D eigenvalue weighted by atomic mass is 10.2. The number of nitrogens with zero attached hydrogens (tertiary/aromatic N) is 3. The number of rotatable bonds is 5. The SMILES string of the molecule is CN(C)C/C=C/C(=O)NC1(c2nccc(C(F)(F)F)n2)CC1. The molecule has 1 heterocycles. The van der Waals surface area contributed by atoms with Crippen molar-refractivity contribution in [1.29, 1.82) is 0 Å². The largest absolute Gasteiger partial charge is 0.433 e. The Hall–Kier alpha value is -1.96. The van der Waals surface area contributed by atoms with E-state index in [1.807, 2.05) is 19.0 Å². The van der Waals surface area contributed by atoms with Gasteiger partial charge in [0.05, 0.1) is 0 Å². The second kappa shape index (κ2) is 6.04. The van der Waals surface area contributed by atoms with Crippen LogP contribution in [0.4, 0.5) is 13.2 Å². The van der Waals surface area contributed by atoms with Crippen molar-refractivity contribution in [3.63, 3.8) is 0 Å². The van der Waals surface area contributed by atoms with Crippen LogP contribution in [0.5, 0.6) is 0 Å². The summed E-state index contributed by atoms with van der Waals surface area (Å²) < 4.78 is 38.1. The van der Waals surface area contributed by atoms with E-state index in [9.17, 15) is 18.0 Å². The van der Waals surface area contributed by atoms with Gasteiger partial charge in [0, 0.05) is 18.8 Å². The van der Waals surface area contributed by atoms with Crippen LogP contribution in [0, 0.1) is 0 Å². The Labute approximate surface area is 126 Å². The highest BCUT2D eigenvalue weighted by Crippen LogP contribution is 2.44. The summed E-state index contributed by atoms with van der Waals surface area (Å²) in [7, 11) is 3.72. The summed E-state index contributed by atoms with van der Waals surface area (Å²) in [5.74, 6) is -0.350. The number of hydrogen-bond acceptors (Lipinski definition) is 4. The van der Waals surface area contributed by atoms with Crippen LogP contribution in [0.2, 0.25) is 0 Å². The van der Waals surface area contributed by atoms with E-state index in [1.165, 1.54) is 6.08 Å². The zero-order chi connectivity index (χ0) is 16.4. The molecule has 0 aromatic carbocycles. The molecule has 0 bridgehead atoms. The fourth-order valence-corrected chi connectivity index (χ4v) is 1.92. The van der Waals surface area contributed by atoms with Gasteiger partial charge in [-0.15, -0.1) is 0 Å². The molecule has 0 aliphatic heterocycles. The lowest BCUT2D eigenvalue weighted by Crippen LogP contribution is -2.35. The van der Waals surface area contributed by atoms with Crippen molar-refractivity contribution < 1.29 is 18.0 Å². The van der Waals surface area contributed by atoms with Crippen LogP contribution in [-0.4, -0.2) is 41.4 Å². The van der Waals surface area contributed by atoms with E-state index in [4.69, 9.17) is 0 Å². The number of nitrogens with one attached hydrogen (secondary N) is 1. The van der Waals surface area contributed by atoms with Crippen LogP contribution in [0.25, 0.3) is 0 Å². The highest BCUT2D eigenvalue weighted by Gasteiger charge is 2.49. The highest BCUT2D eigenvalue weighted by atomic mass is 19.4. The third-order valence-corrected chi connectivity index (χ3v) is 3.23. The Kier molecular flexibility index (Phi) is 4.50. The first-order valence-corrected chi connectivity index (χ1v) is 6.77. The van der Waals surface area contributed by atoms with Gasteiger partial charge in [-0.2, -0.15) is 13.2 Å². The van der Waals surface area contributed by atoms with Gasteiger partial charge in [0.2, 0.25) is 5.91 Å². The molecule has 1 fully saturated rings. The van der Waals surface area contributed by atoms with Crippen LogP contribution in [0.15, 0.2) is 24.4 Å². The monoisotopic (exact) mass is 314 g/mol. The zero-order valence-corrected chi connectivity index (χ0v) is 12.3. The smallest absolute Gasteiger partial charge is 0.340 e. The topological polar surface area (TPSA) is 58.1 Å². The van der Waals surface area contributed by atoms with Crippen LogP contribution in [0.3, 0.4) is 0 Å². The van der Waals surface area contributed by atoms with Crippen molar-refractivity contribution in [1.82, 2.24) is 20.2 Å². The van der Waals surface area contributed by atoms with E-state index in [0.717, 1.165) is 12.3 Å². The Morgan fingerprint density at radius 2 is 2.14 bits per heavy atom. The number of amides is 1. The molecule has 0 saturated heterocycles. The molecule has 0 radical (unpaired) electrons. The number of hydrogen-bond donors (Lipinski definition) is 1. The summed E-state index contributed by atoms with van der Waals surface area (Å²) in [6.45, 7) is 0.598. The quantitative estimate of drug-likeness (QED) is 0.841. The van der Waals surface area contributed by atoms with Gasteiger partial charge in [0.25, 0.3) is 0 Å². The van der Waals surface area contributed by atoms with E-state index in [1.54, 1.807) is 6.08 Å². The minimum atomic E-state index is -4.52. The summed E-state index contributed by atoms with van der Waals surface area (Å²) >= 11 is 0. The maximum atomic E-state index is 12.7. The van der Waals surface area contributed by atoms with Crippen molar-refractivity contribution in [2.24, 2.45) is 0 Å². The summed E-state index contributed by atoms with van der Waals surface area (Å²) in [5, 5.41) is 2.70. The summed E-state index contributed by atoms with van der Waals surface area (Å²) in [5.41, 5.74) is -1.87. The van der Waals surface area contributed by atoms with Gasteiger partial charge in [0.1, 0.15) is 11.2 Å². The first kappa shape index (κ1) is 16.4. The Bertz CT molecular complexity index is 580. The number of aromatic nitrogens is 2. The van der Waals surface area contributed by atoms with E-state index >= 15 is 0 Å². The maximum Gasteiger partial charge on any atom is 0.433 e. The fraction of sp³-hybridized carbons (Fsp3) is 0.500. The fourth-order valence-electron chi connectivity index (χ4n) is 1.92. The average molecular weight is 314 g/mol. The van der Waals surface area contributed by atoms with Gasteiger partial charge in [0.15, 0.2) is 5.82 Å². The molecule has 120 valence electrons. The predicted octanol–water partition coefficient (Wildman–Crippen LogP) is 1.72. The lowest BCUT2D eigenvalue weighted by molar-refractivity contribution is -0.141. The van der Waals surface area contributed by atoms with Crippen molar-refractivity contribution in [3.8, 4) is 0 Å². The van der Waals surface area contributed by atoms with E-state index < -0.39 is 17.4 Å². The molecule has 1 aliphatic rings. The lowest BCUT2D eigenvalue weighted by Gasteiger charge is -2.16. The summed E-state index contributed by atoms with van der Waals surface area (Å²) in [6.07, 6.45) is 0.651. The average Bonchev–Trinajstić information content (AvgIpc) is 3.18. The summed E-state index contributed by atoms with van der Waals surface area (Å²) in [6, 6.07) is 0.818. The van der Waals surface area contributed by atoms with Gasteiger partial charge in [-0.3, -0.25) is 4.79 Å². The minimum Gasteiger partial charge on any atom is -0.340 e. The van der Waals surface area contributed by atoms with Crippen molar-refractivity contribution in [2.45, 2.75) is 24.6 Å². The Morgan fingerprint density at radius 3 is 2.68 bits per heavy atom. The molecule has 5 nitrogen and oxygen atoms in total. The maximum absolute atomic E-state index is 12.7. The molecular weight excluding hydrogens is 297 g/mol. The van der Waals surface area contributed by atoms with Crippen LogP contribution in [0.1, 0.15) is 24.4 Å². The van der Waals surface area contributed by atoms with E-state index in [2.05, 4.69) is 15.3 Å².